The first-order valence-corrected chi connectivity index (χ1v) is 4.62. The van der Waals surface area contributed by atoms with Crippen molar-refractivity contribution in [3.8, 4) is 12.3 Å². The average molecular weight is 189 g/mol. The summed E-state index contributed by atoms with van der Waals surface area (Å²) in [6.07, 6.45) is 7.91. The maximum absolute atomic E-state index is 5.85. The largest absolute Gasteiger partial charge is 0.396 e. The number of hydrogen-bond donors (Lipinski definition) is 2. The number of aryl methyl sites for hydroxylation is 1. The molecule has 0 radical (unpaired) electrons. The van der Waals surface area contributed by atoms with E-state index < -0.39 is 0 Å². The van der Waals surface area contributed by atoms with Crippen LogP contribution in [0.5, 0.6) is 0 Å². The summed E-state index contributed by atoms with van der Waals surface area (Å²) in [6, 6.07) is 1.86. The minimum absolute atomic E-state index is 0.00778. The van der Waals surface area contributed by atoms with E-state index in [9.17, 15) is 0 Å². The Hall–Kier alpha value is -1.69. The van der Waals surface area contributed by atoms with Crippen LogP contribution >= 0.6 is 0 Å². The number of hydrogen-bond acceptors (Lipinski definition) is 3. The number of nitrogens with two attached hydrogens (primary N) is 1. The highest BCUT2D eigenvalue weighted by Gasteiger charge is 2.06. The summed E-state index contributed by atoms with van der Waals surface area (Å²) in [6.45, 7) is 3.96. The number of nitrogen functional groups attached to an aromatic ring is 1. The van der Waals surface area contributed by atoms with Gasteiger partial charge in [-0.05, 0) is 25.0 Å². The van der Waals surface area contributed by atoms with Gasteiger partial charge in [-0.25, -0.2) is 4.98 Å². The van der Waals surface area contributed by atoms with Crippen LogP contribution in [0, 0.1) is 19.3 Å². The molecule has 0 amide bonds. The highest BCUT2D eigenvalue weighted by molar-refractivity contribution is 5.65. The third kappa shape index (κ3) is 2.17. The molecule has 0 spiro atoms. The van der Waals surface area contributed by atoms with Crippen LogP contribution in [0.1, 0.15) is 18.9 Å². The molecule has 1 aromatic heterocycles. The Morgan fingerprint density at radius 3 is 3.00 bits per heavy atom. The second kappa shape index (κ2) is 4.52. The van der Waals surface area contributed by atoms with Gasteiger partial charge in [-0.15, -0.1) is 6.42 Å². The Bertz CT molecular complexity index is 352. The van der Waals surface area contributed by atoms with E-state index >= 15 is 0 Å². The molecule has 0 saturated carbocycles. The number of anilines is 2. The number of nitrogens with zero attached hydrogens (tertiary/aromatic N) is 1. The molecule has 0 aliphatic rings. The van der Waals surface area contributed by atoms with E-state index in [4.69, 9.17) is 12.2 Å². The zero-order chi connectivity index (χ0) is 10.6. The second-order valence-electron chi connectivity index (χ2n) is 3.16. The SMILES string of the molecule is C#CC(CC)Nc1nccc(C)c1N. The third-order valence-corrected chi connectivity index (χ3v) is 2.13. The lowest BCUT2D eigenvalue weighted by Gasteiger charge is -2.13. The molecule has 3 N–H and O–H groups in total. The van der Waals surface area contributed by atoms with Crippen molar-refractivity contribution >= 4 is 11.5 Å². The predicted octanol–water partition coefficient (Wildman–Crippen LogP) is 1.80. The van der Waals surface area contributed by atoms with Crippen LogP contribution in [0.15, 0.2) is 12.3 Å². The van der Waals surface area contributed by atoms with Crippen LogP contribution in [0.4, 0.5) is 11.5 Å². The first-order valence-electron chi connectivity index (χ1n) is 4.62. The van der Waals surface area contributed by atoms with Crippen LogP contribution in [0.25, 0.3) is 0 Å². The molecule has 1 aromatic rings. The smallest absolute Gasteiger partial charge is 0.150 e. The van der Waals surface area contributed by atoms with Gasteiger partial charge in [0, 0.05) is 6.20 Å². The summed E-state index contributed by atoms with van der Waals surface area (Å²) in [5.74, 6) is 3.32. The molecule has 0 fully saturated rings. The molecule has 0 aromatic carbocycles. The van der Waals surface area contributed by atoms with Crippen molar-refractivity contribution in [1.82, 2.24) is 4.98 Å². The fraction of sp³-hybridized carbons (Fsp3) is 0.364. The Morgan fingerprint density at radius 1 is 1.71 bits per heavy atom. The van der Waals surface area contributed by atoms with Gasteiger partial charge in [0.2, 0.25) is 0 Å². The van der Waals surface area contributed by atoms with Crippen molar-refractivity contribution in [2.45, 2.75) is 26.3 Å². The van der Waals surface area contributed by atoms with Gasteiger partial charge in [0.1, 0.15) is 5.82 Å². The van der Waals surface area contributed by atoms with Crippen LogP contribution in [-0.2, 0) is 0 Å². The molecule has 0 aliphatic carbocycles. The third-order valence-electron chi connectivity index (χ3n) is 2.13. The zero-order valence-corrected chi connectivity index (χ0v) is 8.54. The van der Waals surface area contributed by atoms with Gasteiger partial charge < -0.3 is 11.1 Å². The molecule has 1 unspecified atom stereocenters. The van der Waals surface area contributed by atoms with Gasteiger partial charge in [0.15, 0.2) is 0 Å². The van der Waals surface area contributed by atoms with Crippen LogP contribution in [0.3, 0.4) is 0 Å². The van der Waals surface area contributed by atoms with Crippen LogP contribution in [0.2, 0.25) is 0 Å². The summed E-state index contributed by atoms with van der Waals surface area (Å²) in [7, 11) is 0. The lowest BCUT2D eigenvalue weighted by molar-refractivity contribution is 0.851. The molecular formula is C11H15N3. The number of rotatable bonds is 3. The molecule has 0 aliphatic heterocycles. The number of nitrogens with one attached hydrogen (secondary N) is 1. The van der Waals surface area contributed by atoms with E-state index in [0.29, 0.717) is 11.5 Å². The molecular weight excluding hydrogens is 174 g/mol. The monoisotopic (exact) mass is 189 g/mol. The standard InChI is InChI=1S/C11H15N3/c1-4-9(5-2)14-11-10(12)8(3)6-7-13-11/h1,6-7,9H,5,12H2,2-3H3,(H,13,14). The van der Waals surface area contributed by atoms with E-state index in [-0.39, 0.29) is 6.04 Å². The summed E-state index contributed by atoms with van der Waals surface area (Å²) in [5, 5.41) is 3.12. The molecule has 74 valence electrons. The molecule has 0 saturated heterocycles. The lowest BCUT2D eigenvalue weighted by Crippen LogP contribution is -2.18. The molecule has 1 rings (SSSR count). The van der Waals surface area contributed by atoms with Crippen molar-refractivity contribution in [3.63, 3.8) is 0 Å². The maximum atomic E-state index is 5.85. The van der Waals surface area contributed by atoms with Gasteiger partial charge in [-0.2, -0.15) is 0 Å². The summed E-state index contributed by atoms with van der Waals surface area (Å²) in [5.41, 5.74) is 7.52. The Kier molecular flexibility index (Phi) is 3.35. The Balaban J connectivity index is 2.87. The fourth-order valence-corrected chi connectivity index (χ4v) is 1.11. The average Bonchev–Trinajstić information content (AvgIpc) is 2.20. The molecule has 0 bridgehead atoms. The van der Waals surface area contributed by atoms with E-state index in [1.54, 1.807) is 6.20 Å². The van der Waals surface area contributed by atoms with Crippen molar-refractivity contribution in [2.24, 2.45) is 0 Å². The topological polar surface area (TPSA) is 50.9 Å². The number of terminal acetylenes is 1. The Morgan fingerprint density at radius 2 is 2.43 bits per heavy atom. The summed E-state index contributed by atoms with van der Waals surface area (Å²) in [4.78, 5) is 4.14. The lowest BCUT2D eigenvalue weighted by atomic mass is 10.2. The summed E-state index contributed by atoms with van der Waals surface area (Å²) >= 11 is 0. The summed E-state index contributed by atoms with van der Waals surface area (Å²) < 4.78 is 0. The van der Waals surface area contributed by atoms with Crippen molar-refractivity contribution < 1.29 is 0 Å². The van der Waals surface area contributed by atoms with E-state index in [2.05, 4.69) is 16.2 Å². The quantitative estimate of drug-likeness (QED) is 0.713. The zero-order valence-electron chi connectivity index (χ0n) is 8.54. The molecule has 1 heterocycles. The van der Waals surface area contributed by atoms with E-state index in [0.717, 1.165) is 12.0 Å². The van der Waals surface area contributed by atoms with Crippen molar-refractivity contribution in [1.29, 1.82) is 0 Å². The van der Waals surface area contributed by atoms with Crippen LogP contribution in [-0.4, -0.2) is 11.0 Å². The second-order valence-corrected chi connectivity index (χ2v) is 3.16. The highest BCUT2D eigenvalue weighted by atomic mass is 15.0. The van der Waals surface area contributed by atoms with Gasteiger partial charge in [-0.1, -0.05) is 12.8 Å². The van der Waals surface area contributed by atoms with E-state index in [1.807, 2.05) is 19.9 Å². The fourth-order valence-electron chi connectivity index (χ4n) is 1.11. The normalized spacial score (nSPS) is 11.8. The van der Waals surface area contributed by atoms with Crippen molar-refractivity contribution in [3.05, 3.63) is 17.8 Å². The molecule has 1 atom stereocenters. The minimum atomic E-state index is -0.00778. The Labute approximate surface area is 84.7 Å². The molecule has 14 heavy (non-hydrogen) atoms. The van der Waals surface area contributed by atoms with Gasteiger partial charge >= 0.3 is 0 Å². The van der Waals surface area contributed by atoms with E-state index in [1.165, 1.54) is 0 Å². The minimum Gasteiger partial charge on any atom is -0.396 e. The predicted molar refractivity (Wildman–Crippen MR) is 59.9 cm³/mol. The first kappa shape index (κ1) is 10.4. The van der Waals surface area contributed by atoms with Gasteiger partial charge in [-0.3, -0.25) is 0 Å². The van der Waals surface area contributed by atoms with Gasteiger partial charge in [0.05, 0.1) is 11.7 Å². The number of pyridine rings is 1. The number of aromatic nitrogens is 1. The van der Waals surface area contributed by atoms with Gasteiger partial charge in [0.25, 0.3) is 0 Å². The first-order chi connectivity index (χ1) is 6.69. The highest BCUT2D eigenvalue weighted by Crippen LogP contribution is 2.19. The molecule has 3 nitrogen and oxygen atoms in total. The van der Waals surface area contributed by atoms with Crippen molar-refractivity contribution in [2.75, 3.05) is 11.1 Å². The maximum Gasteiger partial charge on any atom is 0.150 e. The van der Waals surface area contributed by atoms with Crippen LogP contribution < -0.4 is 11.1 Å². The molecule has 3 heteroatoms.